The van der Waals surface area contributed by atoms with Crippen LogP contribution in [0, 0.1) is 6.92 Å². The molecule has 0 atom stereocenters. The Morgan fingerprint density at radius 2 is 1.78 bits per heavy atom. The van der Waals surface area contributed by atoms with Crippen molar-refractivity contribution in [2.24, 2.45) is 0 Å². The molecule has 5 nitrogen and oxygen atoms in total. The lowest BCUT2D eigenvalue weighted by molar-refractivity contribution is -0.136. The number of likely N-dealkylation sites (N-methyl/N-ethyl adjacent to an activating group) is 1. The van der Waals surface area contributed by atoms with Gasteiger partial charge >= 0.3 is 5.97 Å². The number of aliphatic carboxylic acids is 1. The van der Waals surface area contributed by atoms with Crippen LogP contribution in [0.1, 0.15) is 11.1 Å². The summed E-state index contributed by atoms with van der Waals surface area (Å²) >= 11 is 0. The third-order valence-corrected chi connectivity index (χ3v) is 2.40. The average molecular weight is 249 g/mol. The van der Waals surface area contributed by atoms with Gasteiger partial charge in [-0.1, -0.05) is 29.8 Å². The molecule has 0 heterocycles. The highest BCUT2D eigenvalue weighted by Gasteiger charge is 2.11. The van der Waals surface area contributed by atoms with Gasteiger partial charge in [0.1, 0.15) is 0 Å². The lowest BCUT2D eigenvalue weighted by atomic mass is 10.1. The molecule has 0 spiro atoms. The first-order valence-corrected chi connectivity index (χ1v) is 5.34. The number of carbonyl (C=O) groups is 2. The standard InChI is InChI=1S/C13H15NO4/c1-9-3-5-10(6-4-9)8-14(2)12(16)7-11(15)13(17)18/h3-7,15H,8H2,1-2H3,(H,17,18). The molecule has 1 aromatic rings. The molecule has 0 saturated heterocycles. The van der Waals surface area contributed by atoms with Gasteiger partial charge in [-0.2, -0.15) is 0 Å². The molecule has 5 heteroatoms. The minimum absolute atomic E-state index is 0.350. The van der Waals surface area contributed by atoms with Crippen LogP contribution in [0.15, 0.2) is 36.1 Å². The summed E-state index contributed by atoms with van der Waals surface area (Å²) in [5.41, 5.74) is 2.05. The average Bonchev–Trinajstić information content (AvgIpc) is 2.31. The number of aryl methyl sites for hydroxylation is 1. The molecule has 0 aliphatic carbocycles. The predicted molar refractivity (Wildman–Crippen MR) is 66.0 cm³/mol. The fourth-order valence-corrected chi connectivity index (χ4v) is 1.33. The number of carbonyl (C=O) groups excluding carboxylic acids is 1. The van der Waals surface area contributed by atoms with Crippen LogP contribution in [0.25, 0.3) is 0 Å². The molecule has 0 aliphatic heterocycles. The van der Waals surface area contributed by atoms with E-state index in [-0.39, 0.29) is 0 Å². The molecule has 0 radical (unpaired) electrons. The van der Waals surface area contributed by atoms with Gasteiger partial charge in [-0.3, -0.25) is 4.79 Å². The Kier molecular flexibility index (Phi) is 4.48. The second-order valence-electron chi connectivity index (χ2n) is 4.01. The Morgan fingerprint density at radius 3 is 2.28 bits per heavy atom. The summed E-state index contributed by atoms with van der Waals surface area (Å²) in [6.07, 6.45) is 0.691. The first kappa shape index (κ1) is 13.8. The summed E-state index contributed by atoms with van der Waals surface area (Å²) in [6, 6.07) is 7.64. The Labute approximate surface area is 105 Å². The number of nitrogens with zero attached hydrogens (tertiary/aromatic N) is 1. The van der Waals surface area contributed by atoms with Gasteiger partial charge in [-0.25, -0.2) is 4.79 Å². The van der Waals surface area contributed by atoms with E-state index in [9.17, 15) is 9.59 Å². The van der Waals surface area contributed by atoms with Crippen molar-refractivity contribution >= 4 is 11.9 Å². The van der Waals surface area contributed by atoms with Crippen molar-refractivity contribution in [1.29, 1.82) is 0 Å². The zero-order chi connectivity index (χ0) is 13.7. The van der Waals surface area contributed by atoms with Gasteiger partial charge in [-0.05, 0) is 12.5 Å². The summed E-state index contributed by atoms with van der Waals surface area (Å²) in [6.45, 7) is 2.31. The molecule has 18 heavy (non-hydrogen) atoms. The van der Waals surface area contributed by atoms with Crippen LogP contribution in [0.5, 0.6) is 0 Å². The lowest BCUT2D eigenvalue weighted by Gasteiger charge is -2.15. The van der Waals surface area contributed by atoms with Crippen LogP contribution >= 0.6 is 0 Å². The zero-order valence-corrected chi connectivity index (χ0v) is 10.3. The molecule has 0 fully saturated rings. The lowest BCUT2D eigenvalue weighted by Crippen LogP contribution is -2.25. The number of hydrogen-bond acceptors (Lipinski definition) is 3. The van der Waals surface area contributed by atoms with Crippen molar-refractivity contribution in [3.8, 4) is 0 Å². The summed E-state index contributed by atoms with van der Waals surface area (Å²) in [4.78, 5) is 23.2. The van der Waals surface area contributed by atoms with Crippen LogP contribution in [0.3, 0.4) is 0 Å². The van der Waals surface area contributed by atoms with E-state index in [1.54, 1.807) is 0 Å². The van der Waals surface area contributed by atoms with E-state index >= 15 is 0 Å². The number of carboxylic acids is 1. The molecule has 2 N–H and O–H groups in total. The van der Waals surface area contributed by atoms with E-state index in [1.807, 2.05) is 31.2 Å². The van der Waals surface area contributed by atoms with Gasteiger partial charge in [-0.15, -0.1) is 0 Å². The van der Waals surface area contributed by atoms with Crippen molar-refractivity contribution in [2.45, 2.75) is 13.5 Å². The Balaban J connectivity index is 2.68. The number of hydrogen-bond donors (Lipinski definition) is 2. The summed E-state index contributed by atoms with van der Waals surface area (Å²) in [5, 5.41) is 17.4. The molecule has 0 saturated carbocycles. The number of amides is 1. The molecule has 0 aromatic heterocycles. The van der Waals surface area contributed by atoms with Crippen LogP contribution in [0.4, 0.5) is 0 Å². The molecule has 0 unspecified atom stereocenters. The van der Waals surface area contributed by atoms with E-state index < -0.39 is 17.6 Å². The van der Waals surface area contributed by atoms with Crippen LogP contribution in [-0.4, -0.2) is 34.0 Å². The van der Waals surface area contributed by atoms with Gasteiger partial charge < -0.3 is 15.1 Å². The number of aliphatic hydroxyl groups is 1. The largest absolute Gasteiger partial charge is 0.502 e. The number of aliphatic hydroxyl groups excluding tert-OH is 1. The summed E-state index contributed by atoms with van der Waals surface area (Å²) in [5.74, 6) is -3.04. The molecule has 96 valence electrons. The highest BCUT2D eigenvalue weighted by molar-refractivity contribution is 5.95. The van der Waals surface area contributed by atoms with Crippen molar-refractivity contribution in [1.82, 2.24) is 4.90 Å². The maximum Gasteiger partial charge on any atom is 0.371 e. The van der Waals surface area contributed by atoms with E-state index in [1.165, 1.54) is 11.9 Å². The second kappa shape index (κ2) is 5.86. The van der Waals surface area contributed by atoms with Crippen LogP contribution < -0.4 is 0 Å². The SMILES string of the molecule is Cc1ccc(CN(C)C(=O)C=C(O)C(=O)O)cc1. The Hall–Kier alpha value is -2.30. The summed E-state index contributed by atoms with van der Waals surface area (Å²) < 4.78 is 0. The van der Waals surface area contributed by atoms with Gasteiger partial charge in [0.2, 0.25) is 5.76 Å². The fraction of sp³-hybridized carbons (Fsp3) is 0.231. The normalized spacial score (nSPS) is 11.1. The molecule has 0 aliphatic rings. The topological polar surface area (TPSA) is 77.8 Å². The Bertz CT molecular complexity index is 476. The zero-order valence-electron chi connectivity index (χ0n) is 10.3. The number of carboxylic acid groups (broad SMARTS) is 1. The monoisotopic (exact) mass is 249 g/mol. The van der Waals surface area contributed by atoms with Gasteiger partial charge in [0, 0.05) is 13.6 Å². The van der Waals surface area contributed by atoms with Crippen molar-refractivity contribution in [3.05, 3.63) is 47.2 Å². The second-order valence-corrected chi connectivity index (χ2v) is 4.01. The van der Waals surface area contributed by atoms with Gasteiger partial charge in [0.25, 0.3) is 5.91 Å². The minimum atomic E-state index is -1.52. The number of benzene rings is 1. The third-order valence-electron chi connectivity index (χ3n) is 2.40. The minimum Gasteiger partial charge on any atom is -0.502 e. The van der Waals surface area contributed by atoms with Crippen LogP contribution in [-0.2, 0) is 16.1 Å². The third kappa shape index (κ3) is 3.93. The Morgan fingerprint density at radius 1 is 1.22 bits per heavy atom. The van der Waals surface area contributed by atoms with Crippen molar-refractivity contribution in [2.75, 3.05) is 7.05 Å². The first-order chi connectivity index (χ1) is 8.40. The quantitative estimate of drug-likeness (QED) is 0.626. The predicted octanol–water partition coefficient (Wildman–Crippen LogP) is 1.48. The number of rotatable bonds is 4. The highest BCUT2D eigenvalue weighted by atomic mass is 16.4. The van der Waals surface area contributed by atoms with Gasteiger partial charge in [0.05, 0.1) is 6.08 Å². The van der Waals surface area contributed by atoms with E-state index in [4.69, 9.17) is 10.2 Å². The molecule has 1 rings (SSSR count). The molecule has 1 aromatic carbocycles. The van der Waals surface area contributed by atoms with Crippen molar-refractivity contribution < 1.29 is 19.8 Å². The molecular formula is C13H15NO4. The smallest absolute Gasteiger partial charge is 0.371 e. The summed E-state index contributed by atoms with van der Waals surface area (Å²) in [7, 11) is 1.54. The van der Waals surface area contributed by atoms with Crippen molar-refractivity contribution in [3.63, 3.8) is 0 Å². The van der Waals surface area contributed by atoms with E-state index in [2.05, 4.69) is 0 Å². The molecular weight excluding hydrogens is 234 g/mol. The first-order valence-electron chi connectivity index (χ1n) is 5.34. The van der Waals surface area contributed by atoms with Crippen LogP contribution in [0.2, 0.25) is 0 Å². The molecule has 1 amide bonds. The highest BCUT2D eigenvalue weighted by Crippen LogP contribution is 2.06. The fourth-order valence-electron chi connectivity index (χ4n) is 1.33. The molecule has 0 bridgehead atoms. The maximum atomic E-state index is 11.6. The van der Waals surface area contributed by atoms with E-state index in [0.717, 1.165) is 11.1 Å². The maximum absolute atomic E-state index is 11.6. The van der Waals surface area contributed by atoms with E-state index in [0.29, 0.717) is 12.6 Å². The van der Waals surface area contributed by atoms with Gasteiger partial charge in [0.15, 0.2) is 0 Å².